The Balaban J connectivity index is 3.01. The number of benzene rings is 1. The van der Waals surface area contributed by atoms with Crippen LogP contribution in [0.5, 0.6) is 0 Å². The average molecular weight is 289 g/mol. The van der Waals surface area contributed by atoms with Gasteiger partial charge in [-0.2, -0.15) is 0 Å². The van der Waals surface area contributed by atoms with Gasteiger partial charge in [0.1, 0.15) is 5.82 Å². The van der Waals surface area contributed by atoms with Crippen LogP contribution in [0.3, 0.4) is 0 Å². The maximum atomic E-state index is 13.3. The first-order valence-corrected chi connectivity index (χ1v) is 6.86. The Kier molecular flexibility index (Phi) is 6.20. The van der Waals surface area contributed by atoms with Crippen LogP contribution in [0.25, 0.3) is 0 Å². The van der Waals surface area contributed by atoms with Gasteiger partial charge in [0.05, 0.1) is 11.6 Å². The Morgan fingerprint density at radius 3 is 2.53 bits per heavy atom. The summed E-state index contributed by atoms with van der Waals surface area (Å²) >= 11 is 6.10. The highest BCUT2D eigenvalue weighted by Crippen LogP contribution is 2.28. The molecule has 0 saturated heterocycles. The van der Waals surface area contributed by atoms with E-state index in [-0.39, 0.29) is 17.5 Å². The lowest BCUT2D eigenvalue weighted by atomic mass is 9.84. The van der Waals surface area contributed by atoms with Crippen LogP contribution < -0.4 is 11.3 Å². The smallest absolute Gasteiger partial charge is 0.123 e. The number of rotatable bonds is 7. The normalized spacial score (nSPS) is 13.6. The van der Waals surface area contributed by atoms with Crippen molar-refractivity contribution in [2.24, 2.45) is 5.84 Å². The Bertz CT molecular complexity index is 402. The fourth-order valence-electron chi connectivity index (χ4n) is 2.49. The highest BCUT2D eigenvalue weighted by molar-refractivity contribution is 6.31. The van der Waals surface area contributed by atoms with Gasteiger partial charge in [-0.15, -0.1) is 0 Å². The molecule has 0 saturated carbocycles. The van der Waals surface area contributed by atoms with Crippen LogP contribution in [-0.4, -0.2) is 18.8 Å². The van der Waals surface area contributed by atoms with Gasteiger partial charge in [0.2, 0.25) is 0 Å². The van der Waals surface area contributed by atoms with Gasteiger partial charge in [-0.3, -0.25) is 11.3 Å². The molecule has 1 aromatic carbocycles. The molecule has 0 aliphatic carbocycles. The number of nitrogens with two attached hydrogens (primary N) is 1. The summed E-state index contributed by atoms with van der Waals surface area (Å²) in [5.41, 5.74) is 3.13. The van der Waals surface area contributed by atoms with Gasteiger partial charge in [0, 0.05) is 12.1 Å². The molecule has 0 fully saturated rings. The Morgan fingerprint density at radius 1 is 1.42 bits per heavy atom. The maximum Gasteiger partial charge on any atom is 0.123 e. The summed E-state index contributed by atoms with van der Waals surface area (Å²) in [5.74, 6) is 5.35. The molecule has 0 aliphatic heterocycles. The highest BCUT2D eigenvalue weighted by Gasteiger charge is 2.35. The van der Waals surface area contributed by atoms with Gasteiger partial charge >= 0.3 is 0 Å². The van der Waals surface area contributed by atoms with E-state index < -0.39 is 0 Å². The van der Waals surface area contributed by atoms with E-state index in [1.54, 1.807) is 13.2 Å². The quantitative estimate of drug-likeness (QED) is 0.599. The molecule has 19 heavy (non-hydrogen) atoms. The third-order valence-corrected chi connectivity index (χ3v) is 4.24. The number of hydrogen-bond acceptors (Lipinski definition) is 3. The van der Waals surface area contributed by atoms with E-state index >= 15 is 0 Å². The van der Waals surface area contributed by atoms with E-state index in [0.29, 0.717) is 11.4 Å². The second-order valence-corrected chi connectivity index (χ2v) is 5.04. The molecule has 0 amide bonds. The molecule has 3 N–H and O–H groups in total. The summed E-state index contributed by atoms with van der Waals surface area (Å²) in [6.45, 7) is 4.09. The molecule has 0 radical (unpaired) electrons. The van der Waals surface area contributed by atoms with Crippen LogP contribution in [0.4, 0.5) is 4.39 Å². The summed E-state index contributed by atoms with van der Waals surface area (Å²) in [7, 11) is 1.67. The van der Waals surface area contributed by atoms with Crippen molar-refractivity contribution in [2.45, 2.75) is 44.8 Å². The van der Waals surface area contributed by atoms with Gasteiger partial charge in [0.15, 0.2) is 0 Å². The molecule has 1 atom stereocenters. The number of hydrogen-bond donors (Lipinski definition) is 2. The molecule has 1 unspecified atom stereocenters. The van der Waals surface area contributed by atoms with Gasteiger partial charge in [-0.25, -0.2) is 4.39 Å². The van der Waals surface area contributed by atoms with Gasteiger partial charge in [-0.05, 0) is 43.0 Å². The second kappa shape index (κ2) is 7.20. The number of methoxy groups -OCH3 is 1. The van der Waals surface area contributed by atoms with E-state index in [2.05, 4.69) is 5.43 Å². The Hall–Kier alpha value is -0.680. The van der Waals surface area contributed by atoms with Crippen molar-refractivity contribution < 1.29 is 9.13 Å². The number of halogens is 2. The number of nitrogens with one attached hydrogen (secondary N) is 1. The van der Waals surface area contributed by atoms with Crippen LogP contribution in [0.2, 0.25) is 5.02 Å². The minimum atomic E-state index is -0.385. The summed E-state index contributed by atoms with van der Waals surface area (Å²) < 4.78 is 19.0. The van der Waals surface area contributed by atoms with Crippen molar-refractivity contribution >= 4 is 11.6 Å². The molecule has 0 spiro atoms. The lowest BCUT2D eigenvalue weighted by Crippen LogP contribution is -2.55. The molecule has 5 heteroatoms. The Morgan fingerprint density at radius 2 is 2.05 bits per heavy atom. The van der Waals surface area contributed by atoms with Crippen LogP contribution in [-0.2, 0) is 11.2 Å². The summed E-state index contributed by atoms with van der Waals surface area (Å²) in [6, 6.07) is 4.22. The van der Waals surface area contributed by atoms with Crippen LogP contribution in [0.1, 0.15) is 32.3 Å². The molecule has 1 aromatic rings. The van der Waals surface area contributed by atoms with E-state index in [9.17, 15) is 4.39 Å². The van der Waals surface area contributed by atoms with Crippen molar-refractivity contribution in [1.29, 1.82) is 0 Å². The molecular weight excluding hydrogens is 267 g/mol. The maximum absolute atomic E-state index is 13.3. The summed E-state index contributed by atoms with van der Waals surface area (Å²) in [4.78, 5) is 0. The first kappa shape index (κ1) is 16.4. The predicted octanol–water partition coefficient (Wildman–Crippen LogP) is 3.06. The number of hydrazine groups is 1. The van der Waals surface area contributed by atoms with Crippen LogP contribution >= 0.6 is 11.6 Å². The van der Waals surface area contributed by atoms with Crippen molar-refractivity contribution in [3.63, 3.8) is 0 Å². The third kappa shape index (κ3) is 3.66. The molecule has 1 rings (SSSR count). The van der Waals surface area contributed by atoms with Gasteiger partial charge in [-0.1, -0.05) is 25.4 Å². The third-order valence-electron chi connectivity index (χ3n) is 3.87. The lowest BCUT2D eigenvalue weighted by Gasteiger charge is -2.38. The van der Waals surface area contributed by atoms with E-state index in [1.807, 2.05) is 13.8 Å². The molecule has 108 valence electrons. The largest absolute Gasteiger partial charge is 0.377 e. The summed E-state index contributed by atoms with van der Waals surface area (Å²) in [6.07, 6.45) is 2.13. The second-order valence-electron chi connectivity index (χ2n) is 4.64. The zero-order chi connectivity index (χ0) is 14.5. The van der Waals surface area contributed by atoms with E-state index in [1.165, 1.54) is 12.1 Å². The van der Waals surface area contributed by atoms with Crippen molar-refractivity contribution in [1.82, 2.24) is 5.43 Å². The fraction of sp³-hybridized carbons (Fsp3) is 0.571. The van der Waals surface area contributed by atoms with Crippen molar-refractivity contribution in [2.75, 3.05) is 7.11 Å². The van der Waals surface area contributed by atoms with Gasteiger partial charge < -0.3 is 4.74 Å². The topological polar surface area (TPSA) is 47.3 Å². The first-order valence-electron chi connectivity index (χ1n) is 6.48. The molecule has 3 nitrogen and oxygen atoms in total. The fourth-order valence-corrected chi connectivity index (χ4v) is 2.68. The van der Waals surface area contributed by atoms with Crippen molar-refractivity contribution in [3.8, 4) is 0 Å². The molecule has 0 aliphatic rings. The van der Waals surface area contributed by atoms with Crippen LogP contribution in [0.15, 0.2) is 18.2 Å². The Labute approximate surface area is 119 Å². The van der Waals surface area contributed by atoms with Crippen LogP contribution in [0, 0.1) is 5.82 Å². The molecule has 0 bridgehead atoms. The standard InChI is InChI=1S/C14H22ClFN2O/c1-4-14(5-2,19-3)13(18-17)9-10-8-11(16)6-7-12(10)15/h6-8,13,18H,4-5,9,17H2,1-3H3. The average Bonchev–Trinajstić information content (AvgIpc) is 2.43. The zero-order valence-corrected chi connectivity index (χ0v) is 12.4. The van der Waals surface area contributed by atoms with Crippen molar-refractivity contribution in [3.05, 3.63) is 34.6 Å². The highest BCUT2D eigenvalue weighted by atomic mass is 35.5. The molecule has 0 aromatic heterocycles. The SMILES string of the molecule is CCC(CC)(OC)C(Cc1cc(F)ccc1Cl)NN. The van der Waals surface area contributed by atoms with E-state index in [0.717, 1.165) is 18.4 Å². The minimum Gasteiger partial charge on any atom is -0.377 e. The zero-order valence-electron chi connectivity index (χ0n) is 11.7. The first-order chi connectivity index (χ1) is 9.02. The lowest BCUT2D eigenvalue weighted by molar-refractivity contribution is -0.0473. The number of ether oxygens (including phenoxy) is 1. The van der Waals surface area contributed by atoms with E-state index in [4.69, 9.17) is 22.2 Å². The molecule has 0 heterocycles. The molecular formula is C14H22ClFN2O. The monoisotopic (exact) mass is 288 g/mol. The van der Waals surface area contributed by atoms with Gasteiger partial charge in [0.25, 0.3) is 0 Å². The summed E-state index contributed by atoms with van der Waals surface area (Å²) in [5, 5.41) is 0.541. The predicted molar refractivity (Wildman–Crippen MR) is 76.5 cm³/mol. The minimum absolute atomic E-state index is 0.133.